The molecule has 2 aliphatic heterocycles. The van der Waals surface area contributed by atoms with E-state index in [2.05, 4.69) is 0 Å². The average Bonchev–Trinajstić information content (AvgIpc) is 2.90. The highest BCUT2D eigenvalue weighted by molar-refractivity contribution is 6.44. The number of hydrogen-bond donors (Lipinski definition) is 0. The Kier molecular flexibility index (Phi) is 16.1. The molecular weight excluding hydrogens is 534 g/mol. The van der Waals surface area contributed by atoms with E-state index in [1.165, 1.54) is 0 Å². The standard InChI is InChI=1S/3C8H14O4.2Al/c3*9-7(10)5-3-1-2-4-6-8(11)12;;/h3*1-6H2,(H,9,10)(H,11,12);;/q;;;2*+3/p-6. The van der Waals surface area contributed by atoms with Crippen LogP contribution in [0, 0.1) is 0 Å². The summed E-state index contributed by atoms with van der Waals surface area (Å²) < 4.78 is 30.7. The second-order valence-electron chi connectivity index (χ2n) is 9.26. The lowest BCUT2D eigenvalue weighted by molar-refractivity contribution is -0.151. The van der Waals surface area contributed by atoms with E-state index in [1.54, 1.807) is 0 Å². The van der Waals surface area contributed by atoms with Crippen LogP contribution in [-0.4, -0.2) is 66.1 Å². The van der Waals surface area contributed by atoms with Gasteiger partial charge in [0.05, 0.1) is 0 Å². The summed E-state index contributed by atoms with van der Waals surface area (Å²) in [6.45, 7) is 0. The molecule has 210 valence electrons. The summed E-state index contributed by atoms with van der Waals surface area (Å²) in [6, 6.07) is 0. The summed E-state index contributed by atoms with van der Waals surface area (Å²) in [5.41, 5.74) is 0. The van der Waals surface area contributed by atoms with E-state index < -0.39 is 66.1 Å². The minimum atomic E-state index is -3.24. The van der Waals surface area contributed by atoms with Gasteiger partial charge in [0.25, 0.3) is 35.8 Å². The van der Waals surface area contributed by atoms with Crippen molar-refractivity contribution in [3.05, 3.63) is 0 Å². The topological polar surface area (TPSA) is 158 Å². The predicted octanol–water partition coefficient (Wildman–Crippen LogP) is 3.26. The second kappa shape index (κ2) is 19.0. The molecule has 0 aliphatic carbocycles. The zero-order valence-corrected chi connectivity index (χ0v) is 24.1. The number of carbonyl (C=O) groups excluding carboxylic acids is 6. The molecule has 0 unspecified atom stereocenters. The molecule has 0 atom stereocenters. The molecule has 0 saturated carbocycles. The molecule has 14 heteroatoms. The zero-order chi connectivity index (χ0) is 27.6. The van der Waals surface area contributed by atoms with Crippen molar-refractivity contribution in [2.24, 2.45) is 0 Å². The third-order valence-electron chi connectivity index (χ3n) is 5.90. The molecule has 2 heterocycles. The van der Waals surface area contributed by atoms with Crippen LogP contribution in [0.5, 0.6) is 0 Å². The number of unbranched alkanes of at least 4 members (excludes halogenated alkanes) is 3. The first-order valence-corrected chi connectivity index (χ1v) is 16.3. The minimum Gasteiger partial charge on any atom is -0.551 e. The molecule has 2 aliphatic rings. The highest BCUT2D eigenvalue weighted by Crippen LogP contribution is 2.14. The van der Waals surface area contributed by atoms with Gasteiger partial charge in [0.1, 0.15) is 0 Å². The third-order valence-corrected chi connectivity index (χ3v) is 8.63. The van der Waals surface area contributed by atoms with E-state index in [1.807, 2.05) is 0 Å². The van der Waals surface area contributed by atoms with Crippen LogP contribution < -0.4 is 0 Å². The fourth-order valence-corrected chi connectivity index (χ4v) is 6.10. The van der Waals surface area contributed by atoms with Gasteiger partial charge >= 0.3 is 30.3 Å². The fourth-order valence-electron chi connectivity index (χ4n) is 3.82. The van der Waals surface area contributed by atoms with Crippen LogP contribution in [0.4, 0.5) is 0 Å². The first-order chi connectivity index (χ1) is 18.3. The summed E-state index contributed by atoms with van der Waals surface area (Å²) in [5, 5.41) is 0. The van der Waals surface area contributed by atoms with Gasteiger partial charge in [0.15, 0.2) is 0 Å². The first-order valence-electron chi connectivity index (χ1n) is 13.5. The molecule has 12 nitrogen and oxygen atoms in total. The Bertz CT molecular complexity index is 708. The van der Waals surface area contributed by atoms with Crippen molar-refractivity contribution in [3.8, 4) is 0 Å². The van der Waals surface area contributed by atoms with Crippen LogP contribution in [-0.2, 0) is 51.5 Å². The van der Waals surface area contributed by atoms with Gasteiger partial charge in [-0.1, -0.05) is 38.5 Å². The highest BCUT2D eigenvalue weighted by atomic mass is 27.3. The lowest BCUT2D eigenvalue weighted by Crippen LogP contribution is -2.34. The summed E-state index contributed by atoms with van der Waals surface area (Å²) in [5.74, 6) is -3.38. The van der Waals surface area contributed by atoms with Gasteiger partial charge in [-0.15, -0.1) is 0 Å². The summed E-state index contributed by atoms with van der Waals surface area (Å²) in [7, 11) is 0. The lowest BCUT2D eigenvalue weighted by Gasteiger charge is -2.13. The van der Waals surface area contributed by atoms with E-state index in [4.69, 9.17) is 22.7 Å². The largest absolute Gasteiger partial charge is 1.20 e. The number of hydrogen-bond acceptors (Lipinski definition) is 12. The van der Waals surface area contributed by atoms with Gasteiger partial charge in [0, 0.05) is 38.5 Å². The van der Waals surface area contributed by atoms with Gasteiger partial charge in [0.2, 0.25) is 0 Å². The normalized spacial score (nSPS) is 18.5. The molecular formula is C24H36Al2O12. The van der Waals surface area contributed by atoms with Crippen molar-refractivity contribution in [1.29, 1.82) is 0 Å². The van der Waals surface area contributed by atoms with Crippen molar-refractivity contribution in [2.45, 2.75) is 116 Å². The highest BCUT2D eigenvalue weighted by Gasteiger charge is 2.49. The van der Waals surface area contributed by atoms with Gasteiger partial charge in [-0.3, -0.25) is 28.8 Å². The maximum Gasteiger partial charge on any atom is 1.20 e. The molecule has 0 N–H and O–H groups in total. The molecule has 0 aromatic carbocycles. The van der Waals surface area contributed by atoms with Crippen molar-refractivity contribution in [1.82, 2.24) is 0 Å². The zero-order valence-electron chi connectivity index (χ0n) is 21.8. The molecule has 2 fully saturated rings. The second-order valence-corrected chi connectivity index (χ2v) is 11.8. The smallest absolute Gasteiger partial charge is 0.551 e. The van der Waals surface area contributed by atoms with Crippen LogP contribution in [0.25, 0.3) is 0 Å². The summed E-state index contributed by atoms with van der Waals surface area (Å²) in [4.78, 5) is 71.8. The maximum absolute atomic E-state index is 12.2. The van der Waals surface area contributed by atoms with Crippen molar-refractivity contribution in [3.63, 3.8) is 0 Å². The average molecular weight is 571 g/mol. The molecule has 0 radical (unpaired) electrons. The van der Waals surface area contributed by atoms with Crippen molar-refractivity contribution >= 4 is 66.1 Å². The van der Waals surface area contributed by atoms with Crippen LogP contribution in [0.2, 0.25) is 0 Å². The van der Waals surface area contributed by atoms with E-state index in [9.17, 15) is 28.8 Å². The molecule has 0 amide bonds. The molecule has 38 heavy (non-hydrogen) atoms. The first kappa shape index (κ1) is 32.1. The number of rotatable bonds is 9. The molecule has 0 aromatic heterocycles. The van der Waals surface area contributed by atoms with Gasteiger partial charge in [-0.05, 0) is 38.5 Å². The molecule has 2 saturated heterocycles. The van der Waals surface area contributed by atoms with Gasteiger partial charge in [-0.25, -0.2) is 0 Å². The Morgan fingerprint density at radius 1 is 0.500 bits per heavy atom. The van der Waals surface area contributed by atoms with E-state index in [-0.39, 0.29) is 38.5 Å². The SMILES string of the molecule is O=C1CCCCCCC(=O)[O][Al]([O]C(=O)CCCCCCC(=O)[O][Al]2[O]C(=O)CCCCCCC(=O)[O]2)[O]1. The Balaban J connectivity index is 1.64. The monoisotopic (exact) mass is 570 g/mol. The summed E-state index contributed by atoms with van der Waals surface area (Å²) in [6.07, 6.45) is 8.84. The Morgan fingerprint density at radius 3 is 1.08 bits per heavy atom. The predicted molar refractivity (Wildman–Crippen MR) is 131 cm³/mol. The Morgan fingerprint density at radius 2 is 0.789 bits per heavy atom. The molecule has 2 rings (SSSR count). The van der Waals surface area contributed by atoms with Crippen molar-refractivity contribution < 1.29 is 51.5 Å². The van der Waals surface area contributed by atoms with E-state index >= 15 is 0 Å². The Labute approximate surface area is 232 Å². The van der Waals surface area contributed by atoms with E-state index in [0.717, 1.165) is 25.7 Å². The Hall–Kier alpha value is -2.12. The minimum absolute atomic E-state index is 0.0456. The third kappa shape index (κ3) is 15.3. The fraction of sp³-hybridized carbons (Fsp3) is 0.750. The molecule has 0 bridgehead atoms. The van der Waals surface area contributed by atoms with Gasteiger partial charge in [-0.2, -0.15) is 0 Å². The van der Waals surface area contributed by atoms with Crippen LogP contribution in [0.1, 0.15) is 116 Å². The van der Waals surface area contributed by atoms with Crippen LogP contribution in [0.15, 0.2) is 0 Å². The maximum atomic E-state index is 12.2. The molecule has 0 aromatic rings. The van der Waals surface area contributed by atoms with Gasteiger partial charge < -0.3 is 22.7 Å². The summed E-state index contributed by atoms with van der Waals surface area (Å²) >= 11 is -6.48. The van der Waals surface area contributed by atoms with Crippen LogP contribution in [0.3, 0.4) is 0 Å². The van der Waals surface area contributed by atoms with E-state index in [0.29, 0.717) is 51.4 Å². The van der Waals surface area contributed by atoms with Crippen molar-refractivity contribution in [2.75, 3.05) is 0 Å². The lowest BCUT2D eigenvalue weighted by atomic mass is 10.1. The van der Waals surface area contributed by atoms with Crippen LogP contribution >= 0.6 is 0 Å². The number of carbonyl (C=O) groups is 6. The molecule has 0 spiro atoms. The quantitative estimate of drug-likeness (QED) is 0.295.